The van der Waals surface area contributed by atoms with Crippen LogP contribution in [0.2, 0.25) is 0 Å². The van der Waals surface area contributed by atoms with Crippen LogP contribution >= 0.6 is 0 Å². The van der Waals surface area contributed by atoms with Crippen LogP contribution in [-0.2, 0) is 0 Å². The van der Waals surface area contributed by atoms with Crippen molar-refractivity contribution >= 4 is 0 Å². The second kappa shape index (κ2) is 6.74. The van der Waals surface area contributed by atoms with E-state index in [4.69, 9.17) is 4.74 Å². The highest BCUT2D eigenvalue weighted by Crippen LogP contribution is 2.33. The van der Waals surface area contributed by atoms with Gasteiger partial charge in [-0.3, -0.25) is 4.98 Å². The van der Waals surface area contributed by atoms with Gasteiger partial charge < -0.3 is 10.1 Å². The minimum absolute atomic E-state index is 0.417. The SMILES string of the molecule is CCNC(CC1CCCC1)c1cncc(OC)c1. The number of rotatable bonds is 6. The first-order valence-corrected chi connectivity index (χ1v) is 7.05. The molecule has 100 valence electrons. The molecule has 0 spiro atoms. The summed E-state index contributed by atoms with van der Waals surface area (Å²) in [5.41, 5.74) is 1.25. The monoisotopic (exact) mass is 248 g/mol. The minimum Gasteiger partial charge on any atom is -0.495 e. The number of aromatic nitrogens is 1. The average molecular weight is 248 g/mol. The number of methoxy groups -OCH3 is 1. The molecule has 1 N–H and O–H groups in total. The zero-order valence-corrected chi connectivity index (χ0v) is 11.5. The zero-order chi connectivity index (χ0) is 12.8. The standard InChI is InChI=1S/C15H24N2O/c1-3-17-15(8-12-6-4-5-7-12)13-9-14(18-2)11-16-10-13/h9-12,15,17H,3-8H2,1-2H3. The molecular weight excluding hydrogens is 224 g/mol. The number of nitrogens with one attached hydrogen (secondary N) is 1. The van der Waals surface area contributed by atoms with Crippen LogP contribution in [0, 0.1) is 5.92 Å². The summed E-state index contributed by atoms with van der Waals surface area (Å²) in [6.07, 6.45) is 10.5. The molecule has 1 aromatic heterocycles. The van der Waals surface area contributed by atoms with E-state index in [1.807, 2.05) is 6.20 Å². The molecule has 1 atom stereocenters. The summed E-state index contributed by atoms with van der Waals surface area (Å²) >= 11 is 0. The fourth-order valence-electron chi connectivity index (χ4n) is 2.90. The largest absolute Gasteiger partial charge is 0.495 e. The van der Waals surface area contributed by atoms with Crippen molar-refractivity contribution in [3.05, 3.63) is 24.0 Å². The van der Waals surface area contributed by atoms with Gasteiger partial charge in [0.1, 0.15) is 5.75 Å². The Hall–Kier alpha value is -1.09. The Morgan fingerprint density at radius 2 is 2.17 bits per heavy atom. The Morgan fingerprint density at radius 1 is 1.39 bits per heavy atom. The van der Waals surface area contributed by atoms with Crippen LogP contribution in [0.5, 0.6) is 5.75 Å². The summed E-state index contributed by atoms with van der Waals surface area (Å²) in [5.74, 6) is 1.72. The van der Waals surface area contributed by atoms with Gasteiger partial charge in [0, 0.05) is 12.2 Å². The van der Waals surface area contributed by atoms with Crippen molar-refractivity contribution in [3.8, 4) is 5.75 Å². The van der Waals surface area contributed by atoms with Gasteiger partial charge in [0.25, 0.3) is 0 Å². The van der Waals surface area contributed by atoms with Crippen molar-refractivity contribution in [1.82, 2.24) is 10.3 Å². The topological polar surface area (TPSA) is 34.2 Å². The maximum absolute atomic E-state index is 5.26. The van der Waals surface area contributed by atoms with E-state index in [2.05, 4.69) is 23.3 Å². The van der Waals surface area contributed by atoms with E-state index in [9.17, 15) is 0 Å². The molecule has 3 heteroatoms. The van der Waals surface area contributed by atoms with Gasteiger partial charge in [0.05, 0.1) is 13.3 Å². The van der Waals surface area contributed by atoms with Gasteiger partial charge in [-0.25, -0.2) is 0 Å². The fraction of sp³-hybridized carbons (Fsp3) is 0.667. The van der Waals surface area contributed by atoms with E-state index in [1.54, 1.807) is 13.3 Å². The zero-order valence-electron chi connectivity index (χ0n) is 11.5. The van der Waals surface area contributed by atoms with Crippen LogP contribution in [0.3, 0.4) is 0 Å². The van der Waals surface area contributed by atoms with E-state index < -0.39 is 0 Å². The summed E-state index contributed by atoms with van der Waals surface area (Å²) in [6.45, 7) is 3.16. The predicted octanol–water partition coefficient (Wildman–Crippen LogP) is 3.32. The summed E-state index contributed by atoms with van der Waals surface area (Å²) in [4.78, 5) is 4.27. The molecule has 0 aromatic carbocycles. The number of pyridine rings is 1. The van der Waals surface area contributed by atoms with Crippen molar-refractivity contribution in [3.63, 3.8) is 0 Å². The summed E-state index contributed by atoms with van der Waals surface area (Å²) < 4.78 is 5.26. The maximum atomic E-state index is 5.26. The Labute approximate surface area is 110 Å². The quantitative estimate of drug-likeness (QED) is 0.838. The van der Waals surface area contributed by atoms with Crippen LogP contribution in [0.25, 0.3) is 0 Å². The smallest absolute Gasteiger partial charge is 0.137 e. The number of nitrogens with zero attached hydrogens (tertiary/aromatic N) is 1. The van der Waals surface area contributed by atoms with Crippen LogP contribution in [0.4, 0.5) is 0 Å². The summed E-state index contributed by atoms with van der Waals surface area (Å²) in [7, 11) is 1.69. The van der Waals surface area contributed by atoms with E-state index in [-0.39, 0.29) is 0 Å². The van der Waals surface area contributed by atoms with E-state index in [0.29, 0.717) is 6.04 Å². The van der Waals surface area contributed by atoms with E-state index in [1.165, 1.54) is 37.7 Å². The first-order chi connectivity index (χ1) is 8.83. The number of hydrogen-bond donors (Lipinski definition) is 1. The molecular formula is C15H24N2O. The van der Waals surface area contributed by atoms with Gasteiger partial charge in [-0.05, 0) is 30.5 Å². The van der Waals surface area contributed by atoms with E-state index in [0.717, 1.165) is 18.2 Å². The molecule has 0 aliphatic heterocycles. The molecule has 3 nitrogen and oxygen atoms in total. The molecule has 1 aromatic rings. The van der Waals surface area contributed by atoms with Gasteiger partial charge in [-0.2, -0.15) is 0 Å². The van der Waals surface area contributed by atoms with Crippen LogP contribution < -0.4 is 10.1 Å². The highest BCUT2D eigenvalue weighted by atomic mass is 16.5. The Bertz CT molecular complexity index is 361. The van der Waals surface area contributed by atoms with Gasteiger partial charge in [0.2, 0.25) is 0 Å². The predicted molar refractivity (Wildman–Crippen MR) is 73.8 cm³/mol. The van der Waals surface area contributed by atoms with E-state index >= 15 is 0 Å². The molecule has 0 radical (unpaired) electrons. The molecule has 1 unspecified atom stereocenters. The van der Waals surface area contributed by atoms with Gasteiger partial charge in [-0.1, -0.05) is 32.6 Å². The van der Waals surface area contributed by atoms with Crippen LogP contribution in [0.1, 0.15) is 50.6 Å². The van der Waals surface area contributed by atoms with Crippen molar-refractivity contribution in [2.24, 2.45) is 5.92 Å². The third-order valence-corrected chi connectivity index (χ3v) is 3.87. The fourth-order valence-corrected chi connectivity index (χ4v) is 2.90. The molecule has 2 rings (SSSR count). The number of hydrogen-bond acceptors (Lipinski definition) is 3. The van der Waals surface area contributed by atoms with Crippen molar-refractivity contribution in [1.29, 1.82) is 0 Å². The maximum Gasteiger partial charge on any atom is 0.137 e. The molecule has 1 aliphatic carbocycles. The first kappa shape index (κ1) is 13.3. The number of ether oxygens (including phenoxy) is 1. The lowest BCUT2D eigenvalue weighted by Gasteiger charge is -2.22. The first-order valence-electron chi connectivity index (χ1n) is 7.05. The third kappa shape index (κ3) is 3.45. The third-order valence-electron chi connectivity index (χ3n) is 3.87. The normalized spacial score (nSPS) is 17.9. The highest BCUT2D eigenvalue weighted by molar-refractivity contribution is 5.26. The Balaban J connectivity index is 2.06. The molecule has 1 fully saturated rings. The Morgan fingerprint density at radius 3 is 2.83 bits per heavy atom. The minimum atomic E-state index is 0.417. The molecule has 1 aliphatic rings. The second-order valence-electron chi connectivity index (χ2n) is 5.15. The molecule has 1 saturated carbocycles. The molecule has 18 heavy (non-hydrogen) atoms. The van der Waals surface area contributed by atoms with Gasteiger partial charge in [-0.15, -0.1) is 0 Å². The molecule has 1 heterocycles. The van der Waals surface area contributed by atoms with Gasteiger partial charge >= 0.3 is 0 Å². The molecule has 0 bridgehead atoms. The van der Waals surface area contributed by atoms with Crippen molar-refractivity contribution < 1.29 is 4.74 Å². The lowest BCUT2D eigenvalue weighted by molar-refractivity contribution is 0.392. The highest BCUT2D eigenvalue weighted by Gasteiger charge is 2.21. The lowest BCUT2D eigenvalue weighted by atomic mass is 9.94. The Kier molecular flexibility index (Phi) is 5.00. The van der Waals surface area contributed by atoms with Crippen molar-refractivity contribution in [2.75, 3.05) is 13.7 Å². The second-order valence-corrected chi connectivity index (χ2v) is 5.15. The summed E-state index contributed by atoms with van der Waals surface area (Å²) in [6, 6.07) is 2.52. The lowest BCUT2D eigenvalue weighted by Crippen LogP contribution is -2.23. The van der Waals surface area contributed by atoms with Crippen molar-refractivity contribution in [2.45, 2.75) is 45.1 Å². The van der Waals surface area contributed by atoms with Crippen LogP contribution in [-0.4, -0.2) is 18.6 Å². The average Bonchev–Trinajstić information content (AvgIpc) is 2.91. The molecule has 0 amide bonds. The van der Waals surface area contributed by atoms with Crippen LogP contribution in [0.15, 0.2) is 18.5 Å². The van der Waals surface area contributed by atoms with Gasteiger partial charge in [0.15, 0.2) is 0 Å². The molecule has 0 saturated heterocycles. The summed E-state index contributed by atoms with van der Waals surface area (Å²) in [5, 5.41) is 3.58.